The van der Waals surface area contributed by atoms with Crippen LogP contribution in [-0.2, 0) is 32.7 Å². The molecule has 0 heterocycles. The van der Waals surface area contributed by atoms with Crippen molar-refractivity contribution in [1.29, 1.82) is 0 Å². The number of phosphoric acid groups is 1. The van der Waals surface area contributed by atoms with Crippen molar-refractivity contribution in [2.75, 3.05) is 47.5 Å². The largest absolute Gasteiger partial charge is 0.756 e. The van der Waals surface area contributed by atoms with Crippen LogP contribution in [0.3, 0.4) is 0 Å². The third kappa shape index (κ3) is 43.3. The highest BCUT2D eigenvalue weighted by Crippen LogP contribution is 2.38. The molecular formula is C48H86NO8P. The molecule has 9 nitrogen and oxygen atoms in total. The number of unbranched alkanes of at least 4 members (excludes halogenated alkanes) is 17. The van der Waals surface area contributed by atoms with Crippen molar-refractivity contribution in [1.82, 2.24) is 0 Å². The van der Waals surface area contributed by atoms with E-state index in [2.05, 4.69) is 74.6 Å². The van der Waals surface area contributed by atoms with E-state index < -0.39 is 32.5 Å². The second kappa shape index (κ2) is 40.1. The van der Waals surface area contributed by atoms with Crippen LogP contribution < -0.4 is 4.89 Å². The number of esters is 2. The third-order valence-electron chi connectivity index (χ3n) is 9.51. The Morgan fingerprint density at radius 3 is 1.45 bits per heavy atom. The van der Waals surface area contributed by atoms with Crippen molar-refractivity contribution < 1.29 is 42.1 Å². The van der Waals surface area contributed by atoms with Crippen LogP contribution in [0.5, 0.6) is 0 Å². The Balaban J connectivity index is 4.43. The molecule has 0 fully saturated rings. The fourth-order valence-corrected chi connectivity index (χ4v) is 6.60. The van der Waals surface area contributed by atoms with E-state index in [-0.39, 0.29) is 26.1 Å². The van der Waals surface area contributed by atoms with E-state index >= 15 is 0 Å². The molecular weight excluding hydrogens is 750 g/mol. The van der Waals surface area contributed by atoms with Gasteiger partial charge < -0.3 is 27.9 Å². The molecule has 0 aliphatic rings. The Bertz CT molecular complexity index is 1170. The van der Waals surface area contributed by atoms with E-state index in [1.165, 1.54) is 89.9 Å². The van der Waals surface area contributed by atoms with E-state index in [1.807, 2.05) is 21.1 Å². The Kier molecular flexibility index (Phi) is 38.5. The summed E-state index contributed by atoms with van der Waals surface area (Å²) in [5.41, 5.74) is 0. The maximum atomic E-state index is 12.6. The summed E-state index contributed by atoms with van der Waals surface area (Å²) >= 11 is 0. The first-order chi connectivity index (χ1) is 28.0. The average molecular weight is 836 g/mol. The first-order valence-corrected chi connectivity index (χ1v) is 24.5. The fraction of sp³-hybridized carbons (Fsp3) is 0.750. The second-order valence-corrected chi connectivity index (χ2v) is 17.8. The third-order valence-corrected chi connectivity index (χ3v) is 10.5. The van der Waals surface area contributed by atoms with Gasteiger partial charge in [0.25, 0.3) is 7.82 Å². The quantitative estimate of drug-likeness (QED) is 0.0197. The molecule has 0 rings (SSSR count). The highest BCUT2D eigenvalue weighted by atomic mass is 31.2. The molecule has 0 amide bonds. The van der Waals surface area contributed by atoms with E-state index in [0.717, 1.165) is 51.4 Å². The average Bonchev–Trinajstić information content (AvgIpc) is 3.17. The molecule has 0 aliphatic heterocycles. The van der Waals surface area contributed by atoms with Crippen molar-refractivity contribution in [2.45, 2.75) is 187 Å². The van der Waals surface area contributed by atoms with Crippen LogP contribution in [0, 0.1) is 0 Å². The summed E-state index contributed by atoms with van der Waals surface area (Å²) in [7, 11) is 1.12. The first-order valence-electron chi connectivity index (χ1n) is 23.0. The zero-order valence-corrected chi connectivity index (χ0v) is 38.6. The lowest BCUT2D eigenvalue weighted by molar-refractivity contribution is -0.870. The van der Waals surface area contributed by atoms with Gasteiger partial charge in [-0.3, -0.25) is 14.2 Å². The maximum Gasteiger partial charge on any atom is 0.306 e. The Labute approximate surface area is 356 Å². The van der Waals surface area contributed by atoms with Gasteiger partial charge in [0.2, 0.25) is 0 Å². The minimum atomic E-state index is -4.64. The smallest absolute Gasteiger partial charge is 0.306 e. The lowest BCUT2D eigenvalue weighted by Crippen LogP contribution is -2.37. The number of hydrogen-bond acceptors (Lipinski definition) is 8. The number of allylic oxidation sites excluding steroid dienone is 10. The van der Waals surface area contributed by atoms with Crippen LogP contribution in [-0.4, -0.2) is 70.0 Å². The molecule has 0 aromatic heterocycles. The first kappa shape index (κ1) is 55.7. The van der Waals surface area contributed by atoms with Crippen molar-refractivity contribution in [3.05, 3.63) is 60.8 Å². The summed E-state index contributed by atoms with van der Waals surface area (Å²) in [6.07, 6.45) is 48.3. The molecule has 0 aromatic carbocycles. The number of carbonyl (C=O) groups excluding carboxylic acids is 2. The highest BCUT2D eigenvalue weighted by Gasteiger charge is 2.21. The van der Waals surface area contributed by atoms with Crippen LogP contribution in [0.2, 0.25) is 0 Å². The van der Waals surface area contributed by atoms with E-state index in [9.17, 15) is 19.0 Å². The fourth-order valence-electron chi connectivity index (χ4n) is 5.88. The number of quaternary nitrogens is 1. The normalized spacial score (nSPS) is 14.1. The molecule has 1 unspecified atom stereocenters. The highest BCUT2D eigenvalue weighted by molar-refractivity contribution is 7.45. The van der Waals surface area contributed by atoms with E-state index in [1.54, 1.807) is 0 Å². The Morgan fingerprint density at radius 2 is 0.948 bits per heavy atom. The molecule has 0 aromatic rings. The summed E-state index contributed by atoms with van der Waals surface area (Å²) in [5, 5.41) is 0. The van der Waals surface area contributed by atoms with Gasteiger partial charge in [0.15, 0.2) is 6.10 Å². The number of rotatable bonds is 41. The van der Waals surface area contributed by atoms with Crippen LogP contribution in [0.4, 0.5) is 0 Å². The summed E-state index contributed by atoms with van der Waals surface area (Å²) in [6, 6.07) is 0. The van der Waals surface area contributed by atoms with Crippen molar-refractivity contribution in [2.24, 2.45) is 0 Å². The zero-order valence-electron chi connectivity index (χ0n) is 37.7. The molecule has 0 saturated carbocycles. The number of nitrogens with zero attached hydrogens (tertiary/aromatic N) is 1. The lowest BCUT2D eigenvalue weighted by Gasteiger charge is -2.28. The standard InChI is InChI=1S/C48H86NO8P/c1-6-8-10-12-14-16-18-20-21-22-23-24-25-26-27-29-30-32-34-36-38-40-47(50)54-44-46(45-56-58(52,53)55-43-42-49(3,4)5)57-48(51)41-39-37-35-33-31-28-19-17-15-13-11-9-7-2/h21-22,24-25,27-29,31-32,34,46H,6-20,23,26,30,33,35-45H2,1-5H3/b22-21+,25-24+,29-27+,31-28+,34-32+/t46-/m0/s1. The predicted molar refractivity (Wildman–Crippen MR) is 240 cm³/mol. The molecule has 0 saturated heterocycles. The minimum Gasteiger partial charge on any atom is -0.756 e. The number of ether oxygens (including phenoxy) is 2. The van der Waals surface area contributed by atoms with Gasteiger partial charge >= 0.3 is 11.9 Å². The molecule has 0 bridgehead atoms. The summed E-state index contributed by atoms with van der Waals surface area (Å²) in [6.45, 7) is 4.13. The molecule has 0 N–H and O–H groups in total. The number of phosphoric ester groups is 1. The van der Waals surface area contributed by atoms with Gasteiger partial charge in [0.05, 0.1) is 27.7 Å². The molecule has 58 heavy (non-hydrogen) atoms. The molecule has 0 spiro atoms. The Morgan fingerprint density at radius 1 is 0.534 bits per heavy atom. The maximum absolute atomic E-state index is 12.6. The van der Waals surface area contributed by atoms with Crippen LogP contribution in [0.25, 0.3) is 0 Å². The lowest BCUT2D eigenvalue weighted by atomic mass is 10.1. The molecule has 2 atom stereocenters. The monoisotopic (exact) mass is 836 g/mol. The van der Waals surface area contributed by atoms with Crippen LogP contribution in [0.15, 0.2) is 60.8 Å². The van der Waals surface area contributed by atoms with Crippen molar-refractivity contribution in [3.8, 4) is 0 Å². The summed E-state index contributed by atoms with van der Waals surface area (Å²) in [5.74, 6) is -0.922. The van der Waals surface area contributed by atoms with Gasteiger partial charge in [-0.1, -0.05) is 152 Å². The van der Waals surface area contributed by atoms with E-state index in [4.69, 9.17) is 18.5 Å². The molecule has 0 radical (unpaired) electrons. The summed E-state index contributed by atoms with van der Waals surface area (Å²) in [4.78, 5) is 37.5. The Hall–Kier alpha value is -2.29. The SMILES string of the molecule is CCCCCCCC/C=C/CCCCCC(=O)O[C@@H](COC(=O)CCC/C=C/C/C=C/C/C=C/C/C=C/CCCCCCCCC)COP(=O)([O-])OCC[N+](C)(C)C. The minimum absolute atomic E-state index is 0.0441. The van der Waals surface area contributed by atoms with Gasteiger partial charge in [-0.25, -0.2) is 0 Å². The van der Waals surface area contributed by atoms with Crippen LogP contribution >= 0.6 is 7.82 Å². The molecule has 336 valence electrons. The van der Waals surface area contributed by atoms with E-state index in [0.29, 0.717) is 23.9 Å². The molecule has 10 heteroatoms. The molecule has 0 aliphatic carbocycles. The summed E-state index contributed by atoms with van der Waals surface area (Å²) < 4.78 is 33.8. The van der Waals surface area contributed by atoms with Gasteiger partial charge in [-0.05, 0) is 77.0 Å². The predicted octanol–water partition coefficient (Wildman–Crippen LogP) is 12.6. The topological polar surface area (TPSA) is 111 Å². The van der Waals surface area contributed by atoms with Gasteiger partial charge in [0, 0.05) is 12.8 Å². The number of carbonyl (C=O) groups is 2. The van der Waals surface area contributed by atoms with Crippen LogP contribution in [0.1, 0.15) is 181 Å². The zero-order chi connectivity index (χ0) is 42.8. The number of hydrogen-bond donors (Lipinski definition) is 0. The van der Waals surface area contributed by atoms with Crippen molar-refractivity contribution >= 4 is 19.8 Å². The van der Waals surface area contributed by atoms with Gasteiger partial charge in [-0.2, -0.15) is 0 Å². The van der Waals surface area contributed by atoms with Gasteiger partial charge in [-0.15, -0.1) is 0 Å². The van der Waals surface area contributed by atoms with Gasteiger partial charge in [0.1, 0.15) is 19.8 Å². The van der Waals surface area contributed by atoms with Crippen molar-refractivity contribution in [3.63, 3.8) is 0 Å². The number of likely N-dealkylation sites (N-methyl/N-ethyl adjacent to an activating group) is 1. The second-order valence-electron chi connectivity index (χ2n) is 16.4.